The number of hydrogen-bond acceptors (Lipinski definition) is 3. The third kappa shape index (κ3) is 3.65. The number of ether oxygens (including phenoxy) is 1. The number of anilines is 1. The van der Waals surface area contributed by atoms with Crippen molar-refractivity contribution >= 4 is 17.5 Å². The van der Waals surface area contributed by atoms with Gasteiger partial charge < -0.3 is 15.0 Å². The van der Waals surface area contributed by atoms with Gasteiger partial charge in [-0.2, -0.15) is 0 Å². The van der Waals surface area contributed by atoms with Crippen LogP contribution in [0.4, 0.5) is 5.69 Å². The molecule has 1 aromatic carbocycles. The molecule has 0 spiro atoms. The topological polar surface area (TPSA) is 58.6 Å². The summed E-state index contributed by atoms with van der Waals surface area (Å²) >= 11 is 0. The van der Waals surface area contributed by atoms with E-state index in [9.17, 15) is 9.59 Å². The van der Waals surface area contributed by atoms with E-state index in [1.807, 2.05) is 6.07 Å². The summed E-state index contributed by atoms with van der Waals surface area (Å²) in [5, 5.41) is 2.90. The van der Waals surface area contributed by atoms with Gasteiger partial charge in [0.2, 0.25) is 11.8 Å². The maximum Gasteiger partial charge on any atom is 0.224 e. The number of rotatable bonds is 4. The molecule has 5 heteroatoms. The Kier molecular flexibility index (Phi) is 4.73. The molecule has 0 radical (unpaired) electrons. The minimum Gasteiger partial charge on any atom is -0.378 e. The molecule has 1 fully saturated rings. The highest BCUT2D eigenvalue weighted by atomic mass is 16.5. The Labute approximate surface area is 130 Å². The van der Waals surface area contributed by atoms with E-state index in [4.69, 9.17) is 4.74 Å². The van der Waals surface area contributed by atoms with E-state index in [-0.39, 0.29) is 24.7 Å². The smallest absolute Gasteiger partial charge is 0.224 e. The molecule has 2 aliphatic rings. The Morgan fingerprint density at radius 3 is 2.68 bits per heavy atom. The quantitative estimate of drug-likeness (QED) is 0.922. The zero-order valence-electron chi connectivity index (χ0n) is 12.8. The first kappa shape index (κ1) is 15.0. The summed E-state index contributed by atoms with van der Waals surface area (Å²) in [5.74, 6) is -0.0630. The average Bonchev–Trinajstić information content (AvgIpc) is 3.01. The van der Waals surface area contributed by atoms with E-state index >= 15 is 0 Å². The van der Waals surface area contributed by atoms with Crippen LogP contribution in [-0.4, -0.2) is 43.0 Å². The predicted molar refractivity (Wildman–Crippen MR) is 83.7 cm³/mol. The second-order valence-corrected chi connectivity index (χ2v) is 5.88. The molecule has 0 bridgehead atoms. The SMILES string of the molecule is O=C(CCC(=O)N1CCOCC1)Nc1ccc2c(c1)CCC2. The fourth-order valence-electron chi connectivity index (χ4n) is 3.06. The maximum atomic E-state index is 12.0. The van der Waals surface area contributed by atoms with Gasteiger partial charge in [0.15, 0.2) is 0 Å². The van der Waals surface area contributed by atoms with Crippen molar-refractivity contribution in [3.63, 3.8) is 0 Å². The Morgan fingerprint density at radius 1 is 1.09 bits per heavy atom. The molecule has 1 heterocycles. The first-order valence-corrected chi connectivity index (χ1v) is 7.99. The fourth-order valence-corrected chi connectivity index (χ4v) is 3.06. The Bertz CT molecular complexity index is 565. The number of fused-ring (bicyclic) bond motifs is 1. The zero-order valence-corrected chi connectivity index (χ0v) is 12.8. The van der Waals surface area contributed by atoms with Crippen LogP contribution in [0.3, 0.4) is 0 Å². The third-order valence-electron chi connectivity index (χ3n) is 4.31. The number of carbonyl (C=O) groups is 2. The highest BCUT2D eigenvalue weighted by Crippen LogP contribution is 2.24. The van der Waals surface area contributed by atoms with Gasteiger partial charge in [0.05, 0.1) is 13.2 Å². The molecule has 1 aliphatic carbocycles. The summed E-state index contributed by atoms with van der Waals surface area (Å²) in [6, 6.07) is 6.10. The molecule has 2 amide bonds. The molecule has 0 saturated carbocycles. The molecule has 1 saturated heterocycles. The molecule has 0 aromatic heterocycles. The Balaban J connectivity index is 1.47. The van der Waals surface area contributed by atoms with Crippen LogP contribution in [0.2, 0.25) is 0 Å². The minimum absolute atomic E-state index is 0.0346. The second kappa shape index (κ2) is 6.92. The second-order valence-electron chi connectivity index (χ2n) is 5.88. The monoisotopic (exact) mass is 302 g/mol. The lowest BCUT2D eigenvalue weighted by molar-refractivity contribution is -0.136. The van der Waals surface area contributed by atoms with Crippen molar-refractivity contribution in [2.45, 2.75) is 32.1 Å². The predicted octanol–water partition coefficient (Wildman–Crippen LogP) is 1.75. The molecular weight excluding hydrogens is 280 g/mol. The van der Waals surface area contributed by atoms with Crippen molar-refractivity contribution in [2.75, 3.05) is 31.6 Å². The largest absolute Gasteiger partial charge is 0.378 e. The van der Waals surface area contributed by atoms with Crippen molar-refractivity contribution in [3.05, 3.63) is 29.3 Å². The van der Waals surface area contributed by atoms with Gasteiger partial charge in [-0.25, -0.2) is 0 Å². The lowest BCUT2D eigenvalue weighted by atomic mass is 10.1. The van der Waals surface area contributed by atoms with Crippen molar-refractivity contribution in [1.82, 2.24) is 4.90 Å². The van der Waals surface area contributed by atoms with Crippen LogP contribution in [-0.2, 0) is 27.2 Å². The van der Waals surface area contributed by atoms with Gasteiger partial charge in [0.25, 0.3) is 0 Å². The Morgan fingerprint density at radius 2 is 1.86 bits per heavy atom. The number of nitrogens with zero attached hydrogens (tertiary/aromatic N) is 1. The number of benzene rings is 1. The summed E-state index contributed by atoms with van der Waals surface area (Å²) in [7, 11) is 0. The van der Waals surface area contributed by atoms with Gasteiger partial charge >= 0.3 is 0 Å². The van der Waals surface area contributed by atoms with E-state index in [0.29, 0.717) is 26.3 Å². The van der Waals surface area contributed by atoms with E-state index in [2.05, 4.69) is 17.4 Å². The van der Waals surface area contributed by atoms with Crippen LogP contribution in [0.15, 0.2) is 18.2 Å². The molecule has 0 unspecified atom stereocenters. The summed E-state index contributed by atoms with van der Waals surface area (Å²) in [5.41, 5.74) is 3.56. The van der Waals surface area contributed by atoms with Crippen LogP contribution < -0.4 is 5.32 Å². The first-order chi connectivity index (χ1) is 10.7. The Hall–Kier alpha value is -1.88. The summed E-state index contributed by atoms with van der Waals surface area (Å²) < 4.78 is 5.22. The average molecular weight is 302 g/mol. The molecule has 1 aromatic rings. The van der Waals surface area contributed by atoms with Gasteiger partial charge in [-0.15, -0.1) is 0 Å². The van der Waals surface area contributed by atoms with Gasteiger partial charge in [-0.1, -0.05) is 6.07 Å². The molecular formula is C17H22N2O3. The van der Waals surface area contributed by atoms with Crippen LogP contribution >= 0.6 is 0 Å². The highest BCUT2D eigenvalue weighted by Gasteiger charge is 2.18. The van der Waals surface area contributed by atoms with Crippen LogP contribution in [0.5, 0.6) is 0 Å². The molecule has 3 rings (SSSR count). The fraction of sp³-hybridized carbons (Fsp3) is 0.529. The summed E-state index contributed by atoms with van der Waals surface area (Å²) in [4.78, 5) is 25.8. The molecule has 0 atom stereocenters. The number of amides is 2. The lowest BCUT2D eigenvalue weighted by Crippen LogP contribution is -2.40. The number of morpholine rings is 1. The van der Waals surface area contributed by atoms with Crippen LogP contribution in [0, 0.1) is 0 Å². The van der Waals surface area contributed by atoms with Crippen LogP contribution in [0.25, 0.3) is 0 Å². The van der Waals surface area contributed by atoms with Crippen LogP contribution in [0.1, 0.15) is 30.4 Å². The van der Waals surface area contributed by atoms with Crippen molar-refractivity contribution in [3.8, 4) is 0 Å². The van der Waals surface area contributed by atoms with E-state index in [0.717, 1.165) is 18.5 Å². The van der Waals surface area contributed by atoms with Crippen molar-refractivity contribution in [2.24, 2.45) is 0 Å². The molecule has 118 valence electrons. The van der Waals surface area contributed by atoms with Crippen molar-refractivity contribution in [1.29, 1.82) is 0 Å². The molecule has 22 heavy (non-hydrogen) atoms. The van der Waals surface area contributed by atoms with Gasteiger partial charge in [-0.3, -0.25) is 9.59 Å². The first-order valence-electron chi connectivity index (χ1n) is 7.99. The number of nitrogens with one attached hydrogen (secondary N) is 1. The number of aryl methyl sites for hydroxylation is 2. The summed E-state index contributed by atoms with van der Waals surface area (Å²) in [6.45, 7) is 2.44. The lowest BCUT2D eigenvalue weighted by Gasteiger charge is -2.26. The van der Waals surface area contributed by atoms with Gasteiger partial charge in [0, 0.05) is 31.6 Å². The van der Waals surface area contributed by atoms with E-state index in [1.54, 1.807) is 4.90 Å². The number of hydrogen-bond donors (Lipinski definition) is 1. The summed E-state index contributed by atoms with van der Waals surface area (Å²) in [6.07, 6.45) is 3.91. The van der Waals surface area contributed by atoms with E-state index < -0.39 is 0 Å². The van der Waals surface area contributed by atoms with E-state index in [1.165, 1.54) is 17.5 Å². The van der Waals surface area contributed by atoms with Crippen molar-refractivity contribution < 1.29 is 14.3 Å². The normalized spacial score (nSPS) is 17.2. The maximum absolute atomic E-state index is 12.0. The molecule has 1 aliphatic heterocycles. The number of carbonyl (C=O) groups excluding carboxylic acids is 2. The minimum atomic E-state index is -0.0976. The highest BCUT2D eigenvalue weighted by molar-refractivity contribution is 5.93. The third-order valence-corrected chi connectivity index (χ3v) is 4.31. The zero-order chi connectivity index (χ0) is 15.4. The molecule has 1 N–H and O–H groups in total. The van der Waals surface area contributed by atoms with Gasteiger partial charge in [-0.05, 0) is 42.5 Å². The molecule has 5 nitrogen and oxygen atoms in total. The van der Waals surface area contributed by atoms with Gasteiger partial charge in [0.1, 0.15) is 0 Å². The standard InChI is InChI=1S/C17H22N2O3/c20-16(6-7-17(21)19-8-10-22-11-9-19)18-15-5-4-13-2-1-3-14(13)12-15/h4-5,12H,1-3,6-11H2,(H,18,20).